The van der Waals surface area contributed by atoms with E-state index in [-0.39, 0.29) is 11.3 Å². The predicted octanol–water partition coefficient (Wildman–Crippen LogP) is 6.21. The zero-order valence-electron chi connectivity index (χ0n) is 23.2. The van der Waals surface area contributed by atoms with Crippen LogP contribution in [0, 0.1) is 6.92 Å². The minimum absolute atomic E-state index is 0.0752. The van der Waals surface area contributed by atoms with Gasteiger partial charge in [0.2, 0.25) is 11.8 Å². The summed E-state index contributed by atoms with van der Waals surface area (Å²) in [6.07, 6.45) is 7.68. The second-order valence-electron chi connectivity index (χ2n) is 10.7. The van der Waals surface area contributed by atoms with E-state index in [1.807, 2.05) is 38.1 Å². The van der Waals surface area contributed by atoms with E-state index in [0.717, 1.165) is 22.6 Å². The molecule has 1 amide bonds. The zero-order chi connectivity index (χ0) is 28.2. The first kappa shape index (κ1) is 27.9. The number of amides is 1. The summed E-state index contributed by atoms with van der Waals surface area (Å²) >= 11 is 0. The van der Waals surface area contributed by atoms with Crippen molar-refractivity contribution in [2.24, 2.45) is 0 Å². The number of fused-ring (bicyclic) bond motifs is 1. The van der Waals surface area contributed by atoms with E-state index in [2.05, 4.69) is 37.9 Å². The van der Waals surface area contributed by atoms with Crippen LogP contribution < -0.4 is 4.74 Å². The van der Waals surface area contributed by atoms with Crippen molar-refractivity contribution >= 4 is 11.9 Å². The molecule has 7 heteroatoms. The summed E-state index contributed by atoms with van der Waals surface area (Å²) < 4.78 is 11.9. The Hall–Kier alpha value is -4.13. The lowest BCUT2D eigenvalue weighted by Crippen LogP contribution is -2.42. The number of aryl methyl sites for hydroxylation is 1. The molecule has 0 saturated carbocycles. The third-order valence-corrected chi connectivity index (χ3v) is 6.90. The number of aliphatic carboxylic acids is 1. The number of oxazole rings is 1. The van der Waals surface area contributed by atoms with Crippen LogP contribution in [0.3, 0.4) is 0 Å². The Morgan fingerprint density at radius 2 is 1.90 bits per heavy atom. The van der Waals surface area contributed by atoms with E-state index in [1.54, 1.807) is 24.3 Å². The first-order valence-electron chi connectivity index (χ1n) is 13.2. The van der Waals surface area contributed by atoms with Gasteiger partial charge >= 0.3 is 5.97 Å². The normalized spacial score (nSPS) is 15.6. The fourth-order valence-corrected chi connectivity index (χ4v) is 4.69. The lowest BCUT2D eigenvalue weighted by Gasteiger charge is -2.34. The summed E-state index contributed by atoms with van der Waals surface area (Å²) in [7, 11) is 0. The van der Waals surface area contributed by atoms with Gasteiger partial charge in [0, 0.05) is 24.6 Å². The van der Waals surface area contributed by atoms with Gasteiger partial charge in [0.1, 0.15) is 11.5 Å². The summed E-state index contributed by atoms with van der Waals surface area (Å²) in [5.74, 6) is 0.474. The molecular weight excluding hydrogens is 492 g/mol. The summed E-state index contributed by atoms with van der Waals surface area (Å²) in [5.41, 5.74) is 4.55. The lowest BCUT2D eigenvalue weighted by atomic mass is 9.87. The molecule has 39 heavy (non-hydrogen) atoms. The van der Waals surface area contributed by atoms with Gasteiger partial charge < -0.3 is 19.2 Å². The van der Waals surface area contributed by atoms with E-state index in [1.165, 1.54) is 16.5 Å². The van der Waals surface area contributed by atoms with Crippen LogP contribution in [0.5, 0.6) is 5.75 Å². The number of carboxylic acids is 1. The number of nitrogens with zero attached hydrogens (tertiary/aromatic N) is 2. The maximum Gasteiger partial charge on any atom is 0.331 e. The number of carbonyl (C=O) groups is 2. The lowest BCUT2D eigenvalue weighted by molar-refractivity contribution is -0.149. The molecule has 1 N–H and O–H groups in total. The largest absolute Gasteiger partial charge is 0.493 e. The number of carbonyl (C=O) groups excluding carboxylic acids is 1. The monoisotopic (exact) mass is 528 g/mol. The average Bonchev–Trinajstić information content (AvgIpc) is 3.27. The number of allylic oxidation sites excluding steroid dienone is 3. The number of carboxylic acid groups (broad SMARTS) is 1. The first-order valence-corrected chi connectivity index (χ1v) is 13.2. The van der Waals surface area contributed by atoms with Gasteiger partial charge in [0.25, 0.3) is 0 Å². The van der Waals surface area contributed by atoms with E-state index < -0.39 is 12.0 Å². The Labute approximate surface area is 229 Å². The van der Waals surface area contributed by atoms with Crippen molar-refractivity contribution in [2.75, 3.05) is 13.2 Å². The molecule has 2 aromatic carbocycles. The maximum atomic E-state index is 12.7. The SMILES string of the molecule is CC=CC=CC(=O)N1CCc2ccc(OCCc3nc(-c4ccc(C(C)(C)C)cc4)oc3C)cc2C1C(=O)O. The topological polar surface area (TPSA) is 92.9 Å². The van der Waals surface area contributed by atoms with Gasteiger partial charge in [-0.2, -0.15) is 0 Å². The van der Waals surface area contributed by atoms with Gasteiger partial charge in [0.05, 0.1) is 12.3 Å². The number of hydrogen-bond donors (Lipinski definition) is 1. The predicted molar refractivity (Wildman–Crippen MR) is 151 cm³/mol. The Kier molecular flexibility index (Phi) is 8.38. The quantitative estimate of drug-likeness (QED) is 0.276. The number of benzene rings is 2. The van der Waals surface area contributed by atoms with Crippen LogP contribution in [0.4, 0.5) is 0 Å². The molecule has 2 heterocycles. The van der Waals surface area contributed by atoms with E-state index in [0.29, 0.717) is 43.2 Å². The second-order valence-corrected chi connectivity index (χ2v) is 10.7. The van der Waals surface area contributed by atoms with Crippen LogP contribution in [0.15, 0.2) is 71.2 Å². The molecule has 3 aromatic rings. The highest BCUT2D eigenvalue weighted by atomic mass is 16.5. The molecule has 204 valence electrons. The molecule has 1 aromatic heterocycles. The van der Waals surface area contributed by atoms with Crippen LogP contribution in [-0.2, 0) is 27.8 Å². The molecule has 0 spiro atoms. The fraction of sp³-hybridized carbons (Fsp3) is 0.344. The molecule has 1 aliphatic rings. The van der Waals surface area contributed by atoms with E-state index in [9.17, 15) is 14.7 Å². The van der Waals surface area contributed by atoms with Gasteiger partial charge in [-0.05, 0) is 66.6 Å². The maximum absolute atomic E-state index is 12.7. The molecular formula is C32H36N2O5. The number of hydrogen-bond acceptors (Lipinski definition) is 5. The van der Waals surface area contributed by atoms with Crippen LogP contribution in [-0.4, -0.2) is 40.0 Å². The summed E-state index contributed by atoms with van der Waals surface area (Å²) in [4.78, 5) is 31.0. The average molecular weight is 529 g/mol. The Morgan fingerprint density at radius 3 is 2.56 bits per heavy atom. The van der Waals surface area contributed by atoms with E-state index >= 15 is 0 Å². The molecule has 0 bridgehead atoms. The van der Waals surface area contributed by atoms with Gasteiger partial charge in [-0.25, -0.2) is 9.78 Å². The van der Waals surface area contributed by atoms with Gasteiger partial charge in [-0.15, -0.1) is 0 Å². The number of aromatic nitrogens is 1. The van der Waals surface area contributed by atoms with Crippen molar-refractivity contribution in [1.82, 2.24) is 9.88 Å². The van der Waals surface area contributed by atoms with Crippen molar-refractivity contribution < 1.29 is 23.8 Å². The van der Waals surface area contributed by atoms with Crippen LogP contribution >= 0.6 is 0 Å². The van der Waals surface area contributed by atoms with Gasteiger partial charge in [0.15, 0.2) is 6.04 Å². The molecule has 0 radical (unpaired) electrons. The molecule has 1 unspecified atom stereocenters. The second kappa shape index (κ2) is 11.7. The third-order valence-electron chi connectivity index (χ3n) is 6.90. The summed E-state index contributed by atoms with van der Waals surface area (Å²) in [6.45, 7) is 11.0. The van der Waals surface area contributed by atoms with Crippen molar-refractivity contribution in [3.63, 3.8) is 0 Å². The molecule has 7 nitrogen and oxygen atoms in total. The number of rotatable bonds is 8. The molecule has 1 atom stereocenters. The molecule has 0 saturated heterocycles. The van der Waals surface area contributed by atoms with Crippen molar-refractivity contribution in [2.45, 2.75) is 58.9 Å². The van der Waals surface area contributed by atoms with Crippen molar-refractivity contribution in [3.05, 3.63) is 94.9 Å². The van der Waals surface area contributed by atoms with Gasteiger partial charge in [-0.3, -0.25) is 4.79 Å². The summed E-state index contributed by atoms with van der Waals surface area (Å²) in [6, 6.07) is 12.7. The Bertz CT molecular complexity index is 1390. The Balaban J connectivity index is 1.44. The standard InChI is InChI=1S/C32H36N2O5/c1-6-7-8-9-28(35)34-18-16-22-12-15-25(20-26(22)29(34)31(36)37)38-19-17-27-21(2)39-30(33-27)23-10-13-24(14-11-23)32(3,4)5/h6-15,20,29H,16-19H2,1-5H3,(H,36,37). The minimum Gasteiger partial charge on any atom is -0.493 e. The smallest absolute Gasteiger partial charge is 0.331 e. The highest BCUT2D eigenvalue weighted by molar-refractivity contribution is 5.92. The van der Waals surface area contributed by atoms with E-state index in [4.69, 9.17) is 9.15 Å². The van der Waals surface area contributed by atoms with Crippen LogP contribution in [0.1, 0.15) is 61.9 Å². The van der Waals surface area contributed by atoms with Crippen LogP contribution in [0.25, 0.3) is 11.5 Å². The van der Waals surface area contributed by atoms with Gasteiger partial charge in [-0.1, -0.05) is 57.2 Å². The van der Waals surface area contributed by atoms with Crippen molar-refractivity contribution in [1.29, 1.82) is 0 Å². The zero-order valence-corrected chi connectivity index (χ0v) is 23.2. The fourth-order valence-electron chi connectivity index (χ4n) is 4.69. The number of ether oxygens (including phenoxy) is 1. The molecule has 1 aliphatic heterocycles. The highest BCUT2D eigenvalue weighted by Crippen LogP contribution is 2.33. The van der Waals surface area contributed by atoms with Crippen LogP contribution in [0.2, 0.25) is 0 Å². The Morgan fingerprint density at radius 1 is 1.15 bits per heavy atom. The molecule has 4 rings (SSSR count). The minimum atomic E-state index is -1.07. The summed E-state index contributed by atoms with van der Waals surface area (Å²) in [5, 5.41) is 9.98. The third kappa shape index (κ3) is 6.48. The van der Waals surface area contributed by atoms with Crippen molar-refractivity contribution in [3.8, 4) is 17.2 Å². The highest BCUT2D eigenvalue weighted by Gasteiger charge is 2.35. The molecule has 0 fully saturated rings. The molecule has 0 aliphatic carbocycles. The first-order chi connectivity index (χ1) is 18.6.